The maximum atomic E-state index is 5.73. The molecule has 1 unspecified atom stereocenters. The van der Waals surface area contributed by atoms with E-state index in [2.05, 4.69) is 52.0 Å². The van der Waals surface area contributed by atoms with Crippen molar-refractivity contribution in [2.75, 3.05) is 6.54 Å². The van der Waals surface area contributed by atoms with Crippen molar-refractivity contribution in [1.29, 1.82) is 0 Å². The Kier molecular flexibility index (Phi) is 5.07. The molecule has 1 aromatic heterocycles. The Morgan fingerprint density at radius 2 is 1.67 bits per heavy atom. The molecule has 2 N–H and O–H groups in total. The fraction of sp³-hybridized carbons (Fsp3) is 0.444. The number of nitrogens with zero attached hydrogens (tertiary/aromatic N) is 2. The van der Waals surface area contributed by atoms with Crippen LogP contribution in [-0.2, 0) is 12.8 Å². The molecule has 2 aromatic rings. The number of aromatic nitrogens is 2. The average molecular weight is 283 g/mol. The van der Waals surface area contributed by atoms with E-state index in [1.54, 1.807) is 0 Å². The molecule has 0 aliphatic heterocycles. The van der Waals surface area contributed by atoms with Gasteiger partial charge in [0.05, 0.1) is 0 Å². The van der Waals surface area contributed by atoms with Gasteiger partial charge in [0, 0.05) is 17.8 Å². The first-order valence-electron chi connectivity index (χ1n) is 7.58. The Hall–Kier alpha value is -1.74. The van der Waals surface area contributed by atoms with Crippen molar-refractivity contribution in [3.63, 3.8) is 0 Å². The second kappa shape index (κ2) is 6.81. The van der Waals surface area contributed by atoms with Gasteiger partial charge in [0.25, 0.3) is 0 Å². The van der Waals surface area contributed by atoms with E-state index in [4.69, 9.17) is 15.7 Å². The second-order valence-corrected chi connectivity index (χ2v) is 5.94. The summed E-state index contributed by atoms with van der Waals surface area (Å²) in [5.41, 5.74) is 11.7. The van der Waals surface area contributed by atoms with Crippen LogP contribution >= 0.6 is 0 Å². The van der Waals surface area contributed by atoms with Gasteiger partial charge < -0.3 is 5.73 Å². The molecule has 0 saturated carbocycles. The third-order valence-electron chi connectivity index (χ3n) is 4.03. The SMILES string of the molecule is Cc1ccccc1Cc1nc(C)c(CC(C)CN)c(C)n1. The van der Waals surface area contributed by atoms with E-state index in [1.165, 1.54) is 16.7 Å². The summed E-state index contributed by atoms with van der Waals surface area (Å²) in [4.78, 5) is 9.41. The third-order valence-corrected chi connectivity index (χ3v) is 4.03. The van der Waals surface area contributed by atoms with Crippen molar-refractivity contribution in [1.82, 2.24) is 9.97 Å². The highest BCUT2D eigenvalue weighted by Gasteiger charge is 2.12. The summed E-state index contributed by atoms with van der Waals surface area (Å²) < 4.78 is 0. The zero-order chi connectivity index (χ0) is 15.4. The van der Waals surface area contributed by atoms with Crippen molar-refractivity contribution in [2.45, 2.75) is 40.5 Å². The van der Waals surface area contributed by atoms with Gasteiger partial charge in [0.1, 0.15) is 5.82 Å². The van der Waals surface area contributed by atoms with E-state index in [1.807, 2.05) is 0 Å². The highest BCUT2D eigenvalue weighted by atomic mass is 14.9. The Morgan fingerprint density at radius 1 is 1.05 bits per heavy atom. The van der Waals surface area contributed by atoms with E-state index in [0.717, 1.165) is 30.1 Å². The van der Waals surface area contributed by atoms with Crippen molar-refractivity contribution >= 4 is 0 Å². The summed E-state index contributed by atoms with van der Waals surface area (Å²) in [6.07, 6.45) is 1.75. The molecule has 0 spiro atoms. The number of rotatable bonds is 5. The average Bonchev–Trinajstić information content (AvgIpc) is 2.45. The van der Waals surface area contributed by atoms with Gasteiger partial charge >= 0.3 is 0 Å². The Bertz CT molecular complexity index is 597. The molecule has 0 aliphatic rings. The molecule has 0 saturated heterocycles. The van der Waals surface area contributed by atoms with E-state index in [0.29, 0.717) is 12.5 Å². The molecule has 3 heteroatoms. The lowest BCUT2D eigenvalue weighted by atomic mass is 9.98. The molecule has 0 aliphatic carbocycles. The minimum absolute atomic E-state index is 0.466. The summed E-state index contributed by atoms with van der Waals surface area (Å²) in [6.45, 7) is 9.15. The zero-order valence-electron chi connectivity index (χ0n) is 13.5. The number of hydrogen-bond donors (Lipinski definition) is 1. The van der Waals surface area contributed by atoms with Crippen LogP contribution in [0.25, 0.3) is 0 Å². The Morgan fingerprint density at radius 3 is 2.24 bits per heavy atom. The number of benzene rings is 1. The monoisotopic (exact) mass is 283 g/mol. The van der Waals surface area contributed by atoms with Crippen LogP contribution < -0.4 is 5.73 Å². The van der Waals surface area contributed by atoms with E-state index < -0.39 is 0 Å². The van der Waals surface area contributed by atoms with Crippen LogP contribution in [0.15, 0.2) is 24.3 Å². The molecular weight excluding hydrogens is 258 g/mol. The molecule has 1 aromatic carbocycles. The van der Waals surface area contributed by atoms with Gasteiger partial charge in [-0.15, -0.1) is 0 Å². The summed E-state index contributed by atoms with van der Waals surface area (Å²) in [5, 5.41) is 0. The molecule has 1 atom stereocenters. The highest BCUT2D eigenvalue weighted by molar-refractivity contribution is 5.30. The predicted octanol–water partition coefficient (Wildman–Crippen LogP) is 3.13. The molecule has 21 heavy (non-hydrogen) atoms. The molecule has 112 valence electrons. The van der Waals surface area contributed by atoms with Crippen molar-refractivity contribution in [3.05, 3.63) is 58.2 Å². The summed E-state index contributed by atoms with van der Waals surface area (Å²) in [6, 6.07) is 8.41. The third kappa shape index (κ3) is 3.88. The van der Waals surface area contributed by atoms with Gasteiger partial charge in [-0.3, -0.25) is 0 Å². The quantitative estimate of drug-likeness (QED) is 0.917. The number of aryl methyl sites for hydroxylation is 3. The predicted molar refractivity (Wildman–Crippen MR) is 87.4 cm³/mol. The van der Waals surface area contributed by atoms with Crippen molar-refractivity contribution in [2.24, 2.45) is 11.7 Å². The normalized spacial score (nSPS) is 12.4. The molecule has 0 radical (unpaired) electrons. The lowest BCUT2D eigenvalue weighted by molar-refractivity contribution is 0.584. The number of hydrogen-bond acceptors (Lipinski definition) is 3. The second-order valence-electron chi connectivity index (χ2n) is 5.94. The van der Waals surface area contributed by atoms with Crippen LogP contribution in [0.3, 0.4) is 0 Å². The highest BCUT2D eigenvalue weighted by Crippen LogP contribution is 2.17. The number of nitrogens with two attached hydrogens (primary N) is 1. The molecule has 2 rings (SSSR count). The molecular formula is C18H25N3. The van der Waals surface area contributed by atoms with Gasteiger partial charge in [-0.05, 0) is 56.3 Å². The summed E-state index contributed by atoms with van der Waals surface area (Å²) in [5.74, 6) is 1.37. The van der Waals surface area contributed by atoms with Gasteiger partial charge in [-0.25, -0.2) is 9.97 Å². The van der Waals surface area contributed by atoms with Crippen LogP contribution in [-0.4, -0.2) is 16.5 Å². The van der Waals surface area contributed by atoms with Gasteiger partial charge in [-0.2, -0.15) is 0 Å². The Balaban J connectivity index is 2.26. The van der Waals surface area contributed by atoms with Crippen LogP contribution in [0.2, 0.25) is 0 Å². The fourth-order valence-corrected chi connectivity index (χ4v) is 2.59. The first-order valence-corrected chi connectivity index (χ1v) is 7.58. The van der Waals surface area contributed by atoms with E-state index >= 15 is 0 Å². The van der Waals surface area contributed by atoms with Gasteiger partial charge in [0.15, 0.2) is 0 Å². The van der Waals surface area contributed by atoms with Crippen LogP contribution in [0.4, 0.5) is 0 Å². The molecule has 3 nitrogen and oxygen atoms in total. The van der Waals surface area contributed by atoms with Crippen molar-refractivity contribution < 1.29 is 0 Å². The van der Waals surface area contributed by atoms with Crippen molar-refractivity contribution in [3.8, 4) is 0 Å². The maximum Gasteiger partial charge on any atom is 0.133 e. The topological polar surface area (TPSA) is 51.8 Å². The molecule has 1 heterocycles. The van der Waals surface area contributed by atoms with Crippen LogP contribution in [0.5, 0.6) is 0 Å². The lowest BCUT2D eigenvalue weighted by Crippen LogP contribution is -2.16. The Labute approximate surface area is 127 Å². The minimum Gasteiger partial charge on any atom is -0.330 e. The van der Waals surface area contributed by atoms with Crippen LogP contribution in [0, 0.1) is 26.7 Å². The summed E-state index contributed by atoms with van der Waals surface area (Å²) >= 11 is 0. The standard InChI is InChI=1S/C18H25N3/c1-12(11-19)9-17-14(3)20-18(21-15(17)4)10-16-8-6-5-7-13(16)2/h5-8,12H,9-11,19H2,1-4H3. The van der Waals surface area contributed by atoms with Crippen LogP contribution in [0.1, 0.15) is 40.8 Å². The molecule has 0 fully saturated rings. The zero-order valence-corrected chi connectivity index (χ0v) is 13.5. The van der Waals surface area contributed by atoms with E-state index in [-0.39, 0.29) is 0 Å². The smallest absolute Gasteiger partial charge is 0.133 e. The maximum absolute atomic E-state index is 5.73. The first kappa shape index (κ1) is 15.6. The fourth-order valence-electron chi connectivity index (χ4n) is 2.59. The molecule has 0 bridgehead atoms. The minimum atomic E-state index is 0.466. The largest absolute Gasteiger partial charge is 0.330 e. The first-order chi connectivity index (χ1) is 10.0. The molecule has 0 amide bonds. The lowest BCUT2D eigenvalue weighted by Gasteiger charge is -2.14. The van der Waals surface area contributed by atoms with Gasteiger partial charge in [0.2, 0.25) is 0 Å². The van der Waals surface area contributed by atoms with Gasteiger partial charge in [-0.1, -0.05) is 31.2 Å². The summed E-state index contributed by atoms with van der Waals surface area (Å²) in [7, 11) is 0. The van der Waals surface area contributed by atoms with E-state index in [9.17, 15) is 0 Å².